The van der Waals surface area contributed by atoms with E-state index in [9.17, 15) is 0 Å². The minimum Gasteiger partial charge on any atom is -0.384 e. The molecule has 3 rings (SSSR count). The molecule has 1 aromatic heterocycles. The smallest absolute Gasteiger partial charge is 0.127 e. The normalized spacial score (nSPS) is 21.2. The van der Waals surface area contributed by atoms with Gasteiger partial charge in [-0.15, -0.1) is 0 Å². The van der Waals surface area contributed by atoms with E-state index in [1.54, 1.807) is 0 Å². The van der Waals surface area contributed by atoms with Crippen LogP contribution in [0, 0.1) is 5.92 Å². The van der Waals surface area contributed by atoms with Crippen LogP contribution in [-0.4, -0.2) is 9.55 Å². The summed E-state index contributed by atoms with van der Waals surface area (Å²) in [5.41, 5.74) is 7.67. The van der Waals surface area contributed by atoms with Crippen LogP contribution < -0.4 is 5.73 Å². The molecule has 0 aliphatic heterocycles. The molecule has 2 saturated carbocycles. The summed E-state index contributed by atoms with van der Waals surface area (Å²) in [6, 6.07) is 0. The summed E-state index contributed by atoms with van der Waals surface area (Å²) >= 11 is 0. The number of aromatic nitrogens is 2. The first kappa shape index (κ1) is 13.0. The van der Waals surface area contributed by atoms with E-state index in [0.29, 0.717) is 17.8 Å². The number of hydrogen-bond donors (Lipinski definition) is 1. The number of nitrogens with zero attached hydrogens (tertiary/aromatic N) is 2. The quantitative estimate of drug-likeness (QED) is 0.888. The number of hydrogen-bond acceptors (Lipinski definition) is 2. The second kappa shape index (κ2) is 5.18. The Labute approximate surface area is 116 Å². The van der Waals surface area contributed by atoms with Gasteiger partial charge in [0, 0.05) is 18.4 Å². The van der Waals surface area contributed by atoms with Gasteiger partial charge in [0.25, 0.3) is 0 Å². The van der Waals surface area contributed by atoms with Crippen molar-refractivity contribution in [2.45, 2.75) is 77.2 Å². The molecule has 2 aliphatic rings. The van der Waals surface area contributed by atoms with Crippen LogP contribution >= 0.6 is 0 Å². The molecule has 1 aromatic rings. The number of nitrogens with two attached hydrogens (primary N) is 1. The van der Waals surface area contributed by atoms with Crippen molar-refractivity contribution in [3.63, 3.8) is 0 Å². The third-order valence-corrected chi connectivity index (χ3v) is 4.55. The molecule has 2 aliphatic carbocycles. The van der Waals surface area contributed by atoms with Gasteiger partial charge in [-0.1, -0.05) is 33.1 Å². The van der Waals surface area contributed by atoms with Gasteiger partial charge in [-0.3, -0.25) is 0 Å². The second-order valence-corrected chi connectivity index (χ2v) is 6.85. The summed E-state index contributed by atoms with van der Waals surface area (Å²) in [6.45, 7) is 5.55. The molecule has 1 heterocycles. The van der Waals surface area contributed by atoms with Crippen molar-refractivity contribution in [3.8, 4) is 0 Å². The lowest BCUT2D eigenvalue weighted by Gasteiger charge is -2.20. The molecule has 0 aromatic carbocycles. The van der Waals surface area contributed by atoms with Gasteiger partial charge in [0.1, 0.15) is 11.6 Å². The van der Waals surface area contributed by atoms with E-state index in [1.165, 1.54) is 56.5 Å². The third kappa shape index (κ3) is 2.65. The highest BCUT2D eigenvalue weighted by atomic mass is 15.2. The molecule has 2 fully saturated rings. The van der Waals surface area contributed by atoms with Crippen LogP contribution in [0.25, 0.3) is 0 Å². The summed E-state index contributed by atoms with van der Waals surface area (Å²) in [6.07, 6.45) is 9.26. The maximum absolute atomic E-state index is 6.45. The molecule has 0 atom stereocenters. The standard InChI is InChI=1S/C16H27N3/c1-11(2)10-19-15(17)14(12-6-4-3-5-7-12)18-16(19)13-8-9-13/h11-13H,3-10,17H2,1-2H3. The van der Waals surface area contributed by atoms with E-state index in [1.807, 2.05) is 0 Å². The lowest BCUT2D eigenvalue weighted by Crippen LogP contribution is -2.12. The largest absolute Gasteiger partial charge is 0.384 e. The molecule has 106 valence electrons. The van der Waals surface area contributed by atoms with Gasteiger partial charge in [0.15, 0.2) is 0 Å². The van der Waals surface area contributed by atoms with Gasteiger partial charge in [0.2, 0.25) is 0 Å². The maximum Gasteiger partial charge on any atom is 0.127 e. The van der Waals surface area contributed by atoms with Crippen molar-refractivity contribution in [2.75, 3.05) is 5.73 Å². The van der Waals surface area contributed by atoms with Crippen LogP contribution in [0.15, 0.2) is 0 Å². The predicted molar refractivity (Wildman–Crippen MR) is 79.3 cm³/mol. The van der Waals surface area contributed by atoms with Gasteiger partial charge in [-0.2, -0.15) is 0 Å². The van der Waals surface area contributed by atoms with Gasteiger partial charge in [-0.05, 0) is 31.6 Å². The lowest BCUT2D eigenvalue weighted by molar-refractivity contribution is 0.438. The first-order valence-electron chi connectivity index (χ1n) is 8.02. The van der Waals surface area contributed by atoms with E-state index in [-0.39, 0.29) is 0 Å². The topological polar surface area (TPSA) is 43.8 Å². The summed E-state index contributed by atoms with van der Waals surface area (Å²) in [5.74, 6) is 4.21. The van der Waals surface area contributed by atoms with Gasteiger partial charge in [-0.25, -0.2) is 4.98 Å². The van der Waals surface area contributed by atoms with Crippen molar-refractivity contribution < 1.29 is 0 Å². The Kier molecular flexibility index (Phi) is 3.55. The van der Waals surface area contributed by atoms with Crippen LogP contribution in [0.1, 0.15) is 82.1 Å². The molecule has 0 saturated heterocycles. The fraction of sp³-hybridized carbons (Fsp3) is 0.812. The summed E-state index contributed by atoms with van der Waals surface area (Å²) in [4.78, 5) is 4.99. The molecule has 3 nitrogen and oxygen atoms in total. The van der Waals surface area contributed by atoms with Gasteiger partial charge < -0.3 is 10.3 Å². The van der Waals surface area contributed by atoms with Crippen LogP contribution in [0.5, 0.6) is 0 Å². The molecule has 0 bridgehead atoms. The average Bonchev–Trinajstić information content (AvgIpc) is 3.18. The molecule has 0 unspecified atom stereocenters. The van der Waals surface area contributed by atoms with Gasteiger partial charge >= 0.3 is 0 Å². The SMILES string of the molecule is CC(C)Cn1c(C2CC2)nc(C2CCCCC2)c1N. The lowest BCUT2D eigenvalue weighted by atomic mass is 9.87. The third-order valence-electron chi connectivity index (χ3n) is 4.55. The summed E-state index contributed by atoms with van der Waals surface area (Å²) in [7, 11) is 0. The molecule has 0 spiro atoms. The highest BCUT2D eigenvalue weighted by Crippen LogP contribution is 2.43. The number of anilines is 1. The van der Waals surface area contributed by atoms with E-state index in [0.717, 1.165) is 12.4 Å². The van der Waals surface area contributed by atoms with Crippen molar-refractivity contribution in [2.24, 2.45) is 5.92 Å². The van der Waals surface area contributed by atoms with Gasteiger partial charge in [0.05, 0.1) is 5.69 Å². The number of rotatable bonds is 4. The zero-order valence-corrected chi connectivity index (χ0v) is 12.4. The number of nitrogen functional groups attached to an aromatic ring is 1. The molecule has 2 N–H and O–H groups in total. The Hall–Kier alpha value is -0.990. The first-order valence-corrected chi connectivity index (χ1v) is 8.02. The van der Waals surface area contributed by atoms with Crippen LogP contribution in [0.3, 0.4) is 0 Å². The van der Waals surface area contributed by atoms with Crippen molar-refractivity contribution in [1.29, 1.82) is 0 Å². The summed E-state index contributed by atoms with van der Waals surface area (Å²) < 4.78 is 2.33. The van der Waals surface area contributed by atoms with Crippen molar-refractivity contribution in [1.82, 2.24) is 9.55 Å². The molecule has 19 heavy (non-hydrogen) atoms. The molecular weight excluding hydrogens is 234 g/mol. The van der Waals surface area contributed by atoms with E-state index >= 15 is 0 Å². The Morgan fingerprint density at radius 2 is 1.79 bits per heavy atom. The minimum absolute atomic E-state index is 0.625. The number of imidazole rings is 1. The monoisotopic (exact) mass is 261 g/mol. The van der Waals surface area contributed by atoms with Crippen LogP contribution in [0.4, 0.5) is 5.82 Å². The molecule has 3 heteroatoms. The Balaban J connectivity index is 1.91. The summed E-state index contributed by atoms with van der Waals surface area (Å²) in [5, 5.41) is 0. The Morgan fingerprint density at radius 3 is 2.37 bits per heavy atom. The Morgan fingerprint density at radius 1 is 1.11 bits per heavy atom. The van der Waals surface area contributed by atoms with Crippen molar-refractivity contribution >= 4 is 5.82 Å². The highest BCUT2D eigenvalue weighted by Gasteiger charge is 2.32. The molecule has 0 amide bonds. The molecule has 0 radical (unpaired) electrons. The first-order chi connectivity index (χ1) is 9.16. The fourth-order valence-electron chi connectivity index (χ4n) is 3.39. The zero-order valence-electron chi connectivity index (χ0n) is 12.4. The molecular formula is C16H27N3. The maximum atomic E-state index is 6.45. The van der Waals surface area contributed by atoms with E-state index < -0.39 is 0 Å². The van der Waals surface area contributed by atoms with Crippen LogP contribution in [0.2, 0.25) is 0 Å². The van der Waals surface area contributed by atoms with Crippen molar-refractivity contribution in [3.05, 3.63) is 11.5 Å². The highest BCUT2D eigenvalue weighted by molar-refractivity contribution is 5.42. The predicted octanol–water partition coefficient (Wildman–Crippen LogP) is 4.05. The van der Waals surface area contributed by atoms with E-state index in [2.05, 4.69) is 18.4 Å². The zero-order chi connectivity index (χ0) is 13.4. The Bertz CT molecular complexity index is 437. The van der Waals surface area contributed by atoms with Crippen LogP contribution in [-0.2, 0) is 6.54 Å². The minimum atomic E-state index is 0.625. The van der Waals surface area contributed by atoms with E-state index in [4.69, 9.17) is 10.7 Å². The second-order valence-electron chi connectivity index (χ2n) is 6.85. The average molecular weight is 261 g/mol. The fourth-order valence-corrected chi connectivity index (χ4v) is 3.39.